The fourth-order valence-electron chi connectivity index (χ4n) is 2.49. The molecule has 6 nitrogen and oxygen atoms in total. The molecule has 0 saturated carbocycles. The molecule has 0 radical (unpaired) electrons. The van der Waals surface area contributed by atoms with Gasteiger partial charge in [-0.1, -0.05) is 31.2 Å². The summed E-state index contributed by atoms with van der Waals surface area (Å²) in [6.07, 6.45) is 0.904. The minimum Gasteiger partial charge on any atom is -0.484 e. The third kappa shape index (κ3) is 4.49. The van der Waals surface area contributed by atoms with Crippen LogP contribution in [0.4, 0.5) is 17.6 Å². The lowest BCUT2D eigenvalue weighted by atomic mass is 10.1. The number of hydrogen-bond acceptors (Lipinski definition) is 6. The fraction of sp³-hybridized carbons (Fsp3) is 0.211. The summed E-state index contributed by atoms with van der Waals surface area (Å²) in [4.78, 5) is 12.7. The predicted octanol–water partition coefficient (Wildman–Crippen LogP) is 4.41. The molecular formula is C19H20BrN5O. The molecule has 0 aliphatic rings. The Morgan fingerprint density at radius 1 is 1.12 bits per heavy atom. The van der Waals surface area contributed by atoms with Crippen LogP contribution in [0, 0.1) is 6.92 Å². The Kier molecular flexibility index (Phi) is 5.68. The highest BCUT2D eigenvalue weighted by Gasteiger charge is 2.09. The molecule has 0 bridgehead atoms. The van der Waals surface area contributed by atoms with Crippen LogP contribution in [0.25, 0.3) is 0 Å². The van der Waals surface area contributed by atoms with Crippen LogP contribution in [-0.4, -0.2) is 15.0 Å². The highest BCUT2D eigenvalue weighted by molar-refractivity contribution is 9.10. The second kappa shape index (κ2) is 8.14. The SMILES string of the molecule is CCc1ccccc1Nc1nc(N)nc(COc2ccc(C)cc2Br)n1. The number of aryl methyl sites for hydroxylation is 2. The second-order valence-corrected chi connectivity index (χ2v) is 6.65. The van der Waals surface area contributed by atoms with Crippen LogP contribution in [0.2, 0.25) is 0 Å². The number of para-hydroxylation sites is 1. The summed E-state index contributed by atoms with van der Waals surface area (Å²) in [7, 11) is 0. The average molecular weight is 414 g/mol. The Morgan fingerprint density at radius 3 is 2.69 bits per heavy atom. The summed E-state index contributed by atoms with van der Waals surface area (Å²) in [5.74, 6) is 1.74. The van der Waals surface area contributed by atoms with E-state index in [0.29, 0.717) is 11.8 Å². The van der Waals surface area contributed by atoms with Gasteiger partial charge in [0.25, 0.3) is 0 Å². The first-order chi connectivity index (χ1) is 12.5. The molecule has 26 heavy (non-hydrogen) atoms. The Bertz CT molecular complexity index is 916. The number of nitrogens with one attached hydrogen (secondary N) is 1. The van der Waals surface area contributed by atoms with E-state index in [2.05, 4.69) is 49.2 Å². The van der Waals surface area contributed by atoms with Crippen LogP contribution >= 0.6 is 15.9 Å². The van der Waals surface area contributed by atoms with E-state index in [0.717, 1.165) is 27.9 Å². The first-order valence-electron chi connectivity index (χ1n) is 8.29. The number of ether oxygens (including phenoxy) is 1. The number of anilines is 3. The lowest BCUT2D eigenvalue weighted by Gasteiger charge is -2.11. The van der Waals surface area contributed by atoms with Gasteiger partial charge in [-0.05, 0) is 58.6 Å². The lowest BCUT2D eigenvalue weighted by molar-refractivity contribution is 0.294. The third-order valence-electron chi connectivity index (χ3n) is 3.79. The topological polar surface area (TPSA) is 86.0 Å². The van der Waals surface area contributed by atoms with E-state index in [-0.39, 0.29) is 12.6 Å². The van der Waals surface area contributed by atoms with Crippen molar-refractivity contribution in [2.75, 3.05) is 11.1 Å². The van der Waals surface area contributed by atoms with E-state index in [9.17, 15) is 0 Å². The van der Waals surface area contributed by atoms with E-state index < -0.39 is 0 Å². The molecule has 7 heteroatoms. The maximum Gasteiger partial charge on any atom is 0.232 e. The Morgan fingerprint density at radius 2 is 1.92 bits per heavy atom. The first kappa shape index (κ1) is 18.1. The van der Waals surface area contributed by atoms with E-state index >= 15 is 0 Å². The van der Waals surface area contributed by atoms with Crippen molar-refractivity contribution in [2.24, 2.45) is 0 Å². The fourth-order valence-corrected chi connectivity index (χ4v) is 3.10. The van der Waals surface area contributed by atoms with Gasteiger partial charge >= 0.3 is 0 Å². The molecule has 0 fully saturated rings. The molecule has 134 valence electrons. The van der Waals surface area contributed by atoms with E-state index in [1.807, 2.05) is 43.3 Å². The second-order valence-electron chi connectivity index (χ2n) is 5.79. The smallest absolute Gasteiger partial charge is 0.232 e. The lowest BCUT2D eigenvalue weighted by Crippen LogP contribution is -2.10. The molecule has 0 aliphatic carbocycles. The summed E-state index contributed by atoms with van der Waals surface area (Å²) < 4.78 is 6.68. The van der Waals surface area contributed by atoms with Gasteiger partial charge in [0, 0.05) is 5.69 Å². The standard InChI is InChI=1S/C19H20BrN5O/c1-3-13-6-4-5-7-15(13)22-19-24-17(23-18(21)25-19)11-26-16-9-8-12(2)10-14(16)20/h4-10H,3,11H2,1-2H3,(H3,21,22,23,24,25). The quantitative estimate of drug-likeness (QED) is 0.622. The van der Waals surface area contributed by atoms with Gasteiger partial charge in [0.05, 0.1) is 4.47 Å². The number of nitrogen functional groups attached to an aromatic ring is 1. The van der Waals surface area contributed by atoms with Crippen molar-refractivity contribution in [3.05, 3.63) is 63.9 Å². The van der Waals surface area contributed by atoms with Crippen LogP contribution in [0.3, 0.4) is 0 Å². The zero-order chi connectivity index (χ0) is 18.5. The molecule has 0 saturated heterocycles. The summed E-state index contributed by atoms with van der Waals surface area (Å²) in [6, 6.07) is 13.9. The number of benzene rings is 2. The van der Waals surface area contributed by atoms with Gasteiger partial charge in [0.15, 0.2) is 5.82 Å². The van der Waals surface area contributed by atoms with Crippen LogP contribution in [-0.2, 0) is 13.0 Å². The van der Waals surface area contributed by atoms with Crippen molar-refractivity contribution in [3.8, 4) is 5.75 Å². The van der Waals surface area contributed by atoms with Gasteiger partial charge < -0.3 is 15.8 Å². The number of aromatic nitrogens is 3. The maximum atomic E-state index is 5.84. The van der Waals surface area contributed by atoms with Crippen molar-refractivity contribution in [1.29, 1.82) is 0 Å². The Labute approximate surface area is 161 Å². The molecule has 0 spiro atoms. The molecule has 0 atom stereocenters. The molecule has 0 aliphatic heterocycles. The molecule has 0 amide bonds. The Balaban J connectivity index is 1.77. The van der Waals surface area contributed by atoms with Gasteiger partial charge in [0.2, 0.25) is 11.9 Å². The van der Waals surface area contributed by atoms with E-state index in [1.165, 1.54) is 5.56 Å². The van der Waals surface area contributed by atoms with Gasteiger partial charge in [-0.25, -0.2) is 0 Å². The van der Waals surface area contributed by atoms with Gasteiger partial charge in [-0.3, -0.25) is 0 Å². The average Bonchev–Trinajstić information content (AvgIpc) is 2.61. The highest BCUT2D eigenvalue weighted by Crippen LogP contribution is 2.26. The zero-order valence-corrected chi connectivity index (χ0v) is 16.2. The number of nitrogens with zero attached hydrogens (tertiary/aromatic N) is 3. The van der Waals surface area contributed by atoms with Gasteiger partial charge in [-0.15, -0.1) is 0 Å². The normalized spacial score (nSPS) is 10.6. The van der Waals surface area contributed by atoms with Gasteiger partial charge in [0.1, 0.15) is 12.4 Å². The molecule has 1 aromatic heterocycles. The van der Waals surface area contributed by atoms with Gasteiger partial charge in [-0.2, -0.15) is 15.0 Å². The Hall–Kier alpha value is -2.67. The number of hydrogen-bond donors (Lipinski definition) is 2. The third-order valence-corrected chi connectivity index (χ3v) is 4.41. The predicted molar refractivity (Wildman–Crippen MR) is 107 cm³/mol. The van der Waals surface area contributed by atoms with Crippen molar-refractivity contribution >= 4 is 33.5 Å². The molecule has 3 rings (SSSR count). The molecule has 1 heterocycles. The maximum absolute atomic E-state index is 5.84. The van der Waals surface area contributed by atoms with Crippen molar-refractivity contribution in [3.63, 3.8) is 0 Å². The summed E-state index contributed by atoms with van der Waals surface area (Å²) >= 11 is 3.49. The van der Waals surface area contributed by atoms with Crippen molar-refractivity contribution < 1.29 is 4.74 Å². The molecular weight excluding hydrogens is 394 g/mol. The van der Waals surface area contributed by atoms with E-state index in [4.69, 9.17) is 10.5 Å². The number of nitrogens with two attached hydrogens (primary N) is 1. The zero-order valence-electron chi connectivity index (χ0n) is 14.7. The van der Waals surface area contributed by atoms with Crippen LogP contribution in [0.5, 0.6) is 5.75 Å². The molecule has 3 N–H and O–H groups in total. The molecule has 2 aromatic carbocycles. The molecule has 0 unspecified atom stereocenters. The van der Waals surface area contributed by atoms with E-state index in [1.54, 1.807) is 0 Å². The largest absolute Gasteiger partial charge is 0.484 e. The minimum absolute atomic E-state index is 0.151. The first-order valence-corrected chi connectivity index (χ1v) is 9.08. The van der Waals surface area contributed by atoms with Crippen LogP contribution in [0.1, 0.15) is 23.9 Å². The van der Waals surface area contributed by atoms with Crippen LogP contribution in [0.15, 0.2) is 46.9 Å². The van der Waals surface area contributed by atoms with Crippen LogP contribution < -0.4 is 15.8 Å². The monoisotopic (exact) mass is 413 g/mol. The summed E-state index contributed by atoms with van der Waals surface area (Å²) in [6.45, 7) is 4.31. The highest BCUT2D eigenvalue weighted by atomic mass is 79.9. The van der Waals surface area contributed by atoms with Crippen molar-refractivity contribution in [2.45, 2.75) is 26.9 Å². The number of rotatable bonds is 6. The van der Waals surface area contributed by atoms with Crippen molar-refractivity contribution in [1.82, 2.24) is 15.0 Å². The molecule has 3 aromatic rings. The summed E-state index contributed by atoms with van der Waals surface area (Å²) in [5.41, 5.74) is 9.11. The minimum atomic E-state index is 0.151. The number of halogens is 1. The summed E-state index contributed by atoms with van der Waals surface area (Å²) in [5, 5.41) is 3.21.